The summed E-state index contributed by atoms with van der Waals surface area (Å²) in [6, 6.07) is -0.757. The number of nitrogens with one attached hydrogen (secondary N) is 1. The second kappa shape index (κ2) is 8.58. The lowest BCUT2D eigenvalue weighted by Gasteiger charge is -2.21. The van der Waals surface area contributed by atoms with Gasteiger partial charge in [-0.15, -0.1) is 0 Å². The van der Waals surface area contributed by atoms with E-state index < -0.39 is 18.3 Å². The number of ether oxygens (including phenoxy) is 2. The number of nitrogens with zero attached hydrogens (tertiary/aromatic N) is 1. The van der Waals surface area contributed by atoms with Gasteiger partial charge in [-0.3, -0.25) is 9.59 Å². The van der Waals surface area contributed by atoms with E-state index in [0.717, 1.165) is 0 Å². The summed E-state index contributed by atoms with van der Waals surface area (Å²) in [4.78, 5) is 35.9. The van der Waals surface area contributed by atoms with Crippen LogP contribution in [0.5, 0.6) is 0 Å². The molecule has 1 aliphatic rings. The third-order valence-corrected chi connectivity index (χ3v) is 3.42. The molecule has 0 bridgehead atoms. The summed E-state index contributed by atoms with van der Waals surface area (Å²) in [5, 5.41) is 11.6. The largest absolute Gasteiger partial charge is 0.480 e. The van der Waals surface area contributed by atoms with Gasteiger partial charge in [-0.2, -0.15) is 0 Å². The van der Waals surface area contributed by atoms with E-state index in [1.807, 2.05) is 0 Å². The third kappa shape index (κ3) is 5.31. The Bertz CT molecular complexity index is 383. The van der Waals surface area contributed by atoms with Gasteiger partial charge in [0.25, 0.3) is 0 Å². The van der Waals surface area contributed by atoms with Crippen molar-refractivity contribution in [3.8, 4) is 0 Å². The second-order valence-corrected chi connectivity index (χ2v) is 4.79. The number of carboxylic acid groups (broad SMARTS) is 1. The van der Waals surface area contributed by atoms with Gasteiger partial charge in [-0.1, -0.05) is 0 Å². The predicted octanol–water partition coefficient (Wildman–Crippen LogP) is -0.423. The molecular weight excluding hydrogens is 280 g/mol. The molecule has 0 saturated carbocycles. The number of hydrogen-bond acceptors (Lipinski definition) is 5. The van der Waals surface area contributed by atoms with E-state index in [9.17, 15) is 14.4 Å². The summed E-state index contributed by atoms with van der Waals surface area (Å²) in [6.45, 7) is 0.633. The average Bonchev–Trinajstić information content (AvgIpc) is 2.95. The first-order valence-electron chi connectivity index (χ1n) is 6.84. The minimum Gasteiger partial charge on any atom is -0.480 e. The first kappa shape index (κ1) is 17.4. The van der Waals surface area contributed by atoms with Crippen LogP contribution in [0.1, 0.15) is 25.7 Å². The van der Waals surface area contributed by atoms with Crippen molar-refractivity contribution in [1.29, 1.82) is 0 Å². The average molecular weight is 302 g/mol. The number of rotatable bonds is 8. The van der Waals surface area contributed by atoms with Crippen molar-refractivity contribution >= 4 is 17.8 Å². The number of carbonyl (C=O) groups excluding carboxylic acids is 2. The second-order valence-electron chi connectivity index (χ2n) is 4.79. The number of amides is 2. The zero-order chi connectivity index (χ0) is 15.8. The van der Waals surface area contributed by atoms with Gasteiger partial charge in [0.15, 0.2) is 6.29 Å². The van der Waals surface area contributed by atoms with Crippen molar-refractivity contribution < 1.29 is 29.0 Å². The van der Waals surface area contributed by atoms with Gasteiger partial charge >= 0.3 is 5.97 Å². The first-order chi connectivity index (χ1) is 9.99. The van der Waals surface area contributed by atoms with Gasteiger partial charge < -0.3 is 24.8 Å². The van der Waals surface area contributed by atoms with E-state index in [1.54, 1.807) is 0 Å². The lowest BCUT2D eigenvalue weighted by molar-refractivity contribution is -0.148. The van der Waals surface area contributed by atoms with Crippen LogP contribution >= 0.6 is 0 Å². The molecule has 1 saturated heterocycles. The zero-order valence-corrected chi connectivity index (χ0v) is 12.3. The first-order valence-corrected chi connectivity index (χ1v) is 6.84. The van der Waals surface area contributed by atoms with Crippen LogP contribution in [0, 0.1) is 0 Å². The van der Waals surface area contributed by atoms with Crippen molar-refractivity contribution in [1.82, 2.24) is 10.2 Å². The smallest absolute Gasteiger partial charge is 0.326 e. The Hall–Kier alpha value is -1.67. The molecule has 1 fully saturated rings. The van der Waals surface area contributed by atoms with Crippen molar-refractivity contribution in [2.24, 2.45) is 0 Å². The fourth-order valence-corrected chi connectivity index (χ4v) is 2.23. The molecule has 0 radical (unpaired) electrons. The van der Waals surface area contributed by atoms with Crippen LogP contribution in [0.25, 0.3) is 0 Å². The molecule has 0 aliphatic carbocycles. The summed E-state index contributed by atoms with van der Waals surface area (Å²) in [5.41, 5.74) is 0. The maximum atomic E-state index is 11.9. The minimum absolute atomic E-state index is 0.000242. The number of hydrogen-bond donors (Lipinski definition) is 2. The Morgan fingerprint density at radius 3 is 2.52 bits per heavy atom. The summed E-state index contributed by atoms with van der Waals surface area (Å²) in [6.07, 6.45) is 0.636. The topological polar surface area (TPSA) is 105 Å². The monoisotopic (exact) mass is 302 g/mol. The molecule has 8 heteroatoms. The molecule has 1 unspecified atom stereocenters. The molecule has 2 amide bonds. The number of aliphatic carboxylic acids is 1. The highest BCUT2D eigenvalue weighted by atomic mass is 16.7. The van der Waals surface area contributed by atoms with E-state index >= 15 is 0 Å². The minimum atomic E-state index is -0.992. The number of likely N-dealkylation sites (tertiary alicyclic amines) is 1. The highest BCUT2D eigenvalue weighted by Crippen LogP contribution is 2.18. The highest BCUT2D eigenvalue weighted by molar-refractivity contribution is 5.87. The molecule has 1 aliphatic heterocycles. The molecule has 0 aromatic carbocycles. The number of carbonyl (C=O) groups is 3. The molecule has 8 nitrogen and oxygen atoms in total. The van der Waals surface area contributed by atoms with Gasteiger partial charge in [0.05, 0.1) is 6.54 Å². The summed E-state index contributed by atoms with van der Waals surface area (Å²) in [7, 11) is 2.92. The summed E-state index contributed by atoms with van der Waals surface area (Å²) >= 11 is 0. The quantitative estimate of drug-likeness (QED) is 0.590. The van der Waals surface area contributed by atoms with E-state index in [2.05, 4.69) is 5.32 Å². The van der Waals surface area contributed by atoms with E-state index in [1.165, 1.54) is 19.1 Å². The van der Waals surface area contributed by atoms with Crippen LogP contribution in [0.2, 0.25) is 0 Å². The fraction of sp³-hybridized carbons (Fsp3) is 0.769. The van der Waals surface area contributed by atoms with Crippen molar-refractivity contribution in [2.75, 3.05) is 27.3 Å². The van der Waals surface area contributed by atoms with Gasteiger partial charge in [0, 0.05) is 33.6 Å². The normalized spacial score (nSPS) is 18.0. The van der Waals surface area contributed by atoms with Crippen LogP contribution in [0.4, 0.5) is 0 Å². The summed E-state index contributed by atoms with van der Waals surface area (Å²) in [5.74, 6) is -1.59. The van der Waals surface area contributed by atoms with Crippen LogP contribution < -0.4 is 5.32 Å². The van der Waals surface area contributed by atoms with E-state index in [0.29, 0.717) is 19.4 Å². The Balaban J connectivity index is 2.32. The van der Waals surface area contributed by atoms with Gasteiger partial charge in [-0.05, 0) is 12.8 Å². The Morgan fingerprint density at radius 1 is 1.29 bits per heavy atom. The molecule has 0 aromatic rings. The third-order valence-electron chi connectivity index (χ3n) is 3.42. The van der Waals surface area contributed by atoms with Crippen molar-refractivity contribution in [3.05, 3.63) is 0 Å². The van der Waals surface area contributed by atoms with E-state index in [4.69, 9.17) is 14.6 Å². The van der Waals surface area contributed by atoms with Crippen LogP contribution in [-0.2, 0) is 23.9 Å². The number of methoxy groups -OCH3 is 2. The maximum Gasteiger partial charge on any atom is 0.326 e. The molecule has 2 N–H and O–H groups in total. The van der Waals surface area contributed by atoms with Crippen LogP contribution in [-0.4, -0.2) is 67.4 Å². The molecule has 0 aromatic heterocycles. The fourth-order valence-electron chi connectivity index (χ4n) is 2.23. The van der Waals surface area contributed by atoms with Gasteiger partial charge in [0.2, 0.25) is 11.8 Å². The molecule has 21 heavy (non-hydrogen) atoms. The standard InChI is InChI=1S/C13H22N2O6/c1-20-12(21-2)8-14-10(16)5-6-11(17)15-7-3-4-9(15)13(18)19/h9,12H,3-8H2,1-2H3,(H,14,16)(H,18,19). The van der Waals surface area contributed by atoms with E-state index in [-0.39, 0.29) is 31.2 Å². The Kier molecular flexibility index (Phi) is 7.10. The molecule has 120 valence electrons. The predicted molar refractivity (Wildman–Crippen MR) is 72.4 cm³/mol. The Morgan fingerprint density at radius 2 is 1.95 bits per heavy atom. The Labute approximate surface area is 123 Å². The molecule has 1 heterocycles. The van der Waals surface area contributed by atoms with Gasteiger partial charge in [-0.25, -0.2) is 4.79 Å². The lowest BCUT2D eigenvalue weighted by atomic mass is 10.2. The van der Waals surface area contributed by atoms with Crippen LogP contribution in [0.15, 0.2) is 0 Å². The molecular formula is C13H22N2O6. The van der Waals surface area contributed by atoms with Crippen molar-refractivity contribution in [2.45, 2.75) is 38.0 Å². The van der Waals surface area contributed by atoms with Gasteiger partial charge in [0.1, 0.15) is 6.04 Å². The highest BCUT2D eigenvalue weighted by Gasteiger charge is 2.33. The van der Waals surface area contributed by atoms with Crippen molar-refractivity contribution in [3.63, 3.8) is 0 Å². The SMILES string of the molecule is COC(CNC(=O)CCC(=O)N1CCCC1C(=O)O)OC. The zero-order valence-electron chi connectivity index (χ0n) is 12.3. The maximum absolute atomic E-state index is 11.9. The lowest BCUT2D eigenvalue weighted by Crippen LogP contribution is -2.41. The molecule has 1 atom stereocenters. The summed E-state index contributed by atoms with van der Waals surface area (Å²) < 4.78 is 9.84. The molecule has 0 spiro atoms. The number of carboxylic acids is 1. The van der Waals surface area contributed by atoms with Crippen LogP contribution in [0.3, 0.4) is 0 Å². The molecule has 1 rings (SSSR count).